The average molecular weight is 479 g/mol. The summed E-state index contributed by atoms with van der Waals surface area (Å²) in [6.45, 7) is 3.79. The summed E-state index contributed by atoms with van der Waals surface area (Å²) >= 11 is 2.54. The van der Waals surface area contributed by atoms with Crippen molar-refractivity contribution < 1.29 is 9.18 Å². The van der Waals surface area contributed by atoms with E-state index in [9.17, 15) is 14.4 Å². The van der Waals surface area contributed by atoms with Crippen molar-refractivity contribution in [2.75, 3.05) is 16.4 Å². The second kappa shape index (κ2) is 9.85. The zero-order valence-electron chi connectivity index (χ0n) is 17.8. The molecule has 0 bridgehead atoms. The van der Waals surface area contributed by atoms with Gasteiger partial charge in [0.15, 0.2) is 4.34 Å². The minimum Gasteiger partial charge on any atom is -0.330 e. The Bertz CT molecular complexity index is 1330. The molecule has 0 aliphatic rings. The summed E-state index contributed by atoms with van der Waals surface area (Å²) in [5.74, 6) is -0.00762. The van der Waals surface area contributed by atoms with Gasteiger partial charge in [0.05, 0.1) is 11.3 Å². The van der Waals surface area contributed by atoms with Crippen LogP contribution in [0.2, 0.25) is 0 Å². The quantitative estimate of drug-likeness (QED) is 0.344. The van der Waals surface area contributed by atoms with E-state index in [2.05, 4.69) is 26.9 Å². The zero-order chi connectivity index (χ0) is 23.4. The third-order valence-electron chi connectivity index (χ3n) is 4.93. The molecular formula is C23H19FN6OS2. The molecule has 0 fully saturated rings. The van der Waals surface area contributed by atoms with E-state index < -0.39 is 0 Å². The van der Waals surface area contributed by atoms with Crippen LogP contribution >= 0.6 is 23.1 Å². The van der Waals surface area contributed by atoms with Crippen LogP contribution in [0.4, 0.5) is 21.0 Å². The normalized spacial score (nSPS) is 10.6. The number of nitrogens with one attached hydrogen (secondary N) is 2. The number of hydrogen-bond acceptors (Lipinski definition) is 7. The number of nitriles is 1. The van der Waals surface area contributed by atoms with Crippen molar-refractivity contribution in [2.24, 2.45) is 0 Å². The van der Waals surface area contributed by atoms with Crippen LogP contribution in [0.25, 0.3) is 5.69 Å². The highest BCUT2D eigenvalue weighted by Crippen LogP contribution is 2.31. The third-order valence-corrected chi connectivity index (χ3v) is 6.90. The molecule has 0 radical (unpaired) electrons. The van der Waals surface area contributed by atoms with E-state index in [0.29, 0.717) is 26.5 Å². The van der Waals surface area contributed by atoms with Crippen molar-refractivity contribution in [1.29, 1.82) is 5.26 Å². The molecule has 33 heavy (non-hydrogen) atoms. The summed E-state index contributed by atoms with van der Waals surface area (Å²) < 4.78 is 15.5. The number of para-hydroxylation sites is 1. The van der Waals surface area contributed by atoms with Crippen LogP contribution < -0.4 is 10.6 Å². The van der Waals surface area contributed by atoms with Crippen molar-refractivity contribution in [2.45, 2.75) is 18.2 Å². The molecule has 4 aromatic rings. The third kappa shape index (κ3) is 5.05. The fraction of sp³-hybridized carbons (Fsp3) is 0.130. The molecule has 4 rings (SSSR count). The average Bonchev–Trinajstić information content (AvgIpc) is 3.36. The Hall–Kier alpha value is -3.68. The molecule has 10 heteroatoms. The minimum atomic E-state index is -0.316. The summed E-state index contributed by atoms with van der Waals surface area (Å²) in [7, 11) is 0. The standard InChI is InChI=1S/C23H19FN6OS2/c1-14-15(2)30(18-6-4-3-5-7-18)21(19(14)12-25)27-20(31)13-32-23-29-28-22(33-23)26-17-10-8-16(24)9-11-17/h3-11H,13H2,1-2H3,(H,26,28)(H,27,31). The fourth-order valence-electron chi connectivity index (χ4n) is 3.23. The van der Waals surface area contributed by atoms with Crippen molar-refractivity contribution in [3.8, 4) is 11.8 Å². The SMILES string of the molecule is Cc1c(C#N)c(NC(=O)CSc2nnc(Nc3ccc(F)cc3)s2)n(-c2ccccc2)c1C. The first kappa shape index (κ1) is 22.5. The molecule has 2 aromatic carbocycles. The minimum absolute atomic E-state index is 0.105. The largest absolute Gasteiger partial charge is 0.330 e. The van der Waals surface area contributed by atoms with E-state index in [-0.39, 0.29) is 17.5 Å². The maximum Gasteiger partial charge on any atom is 0.235 e. The Labute approximate surface area is 198 Å². The Kier molecular flexibility index (Phi) is 6.72. The highest BCUT2D eigenvalue weighted by atomic mass is 32.2. The monoisotopic (exact) mass is 478 g/mol. The number of carbonyl (C=O) groups excluding carboxylic acids is 1. The molecule has 0 aliphatic carbocycles. The van der Waals surface area contributed by atoms with Crippen LogP contribution in [0.3, 0.4) is 0 Å². The summed E-state index contributed by atoms with van der Waals surface area (Å²) in [6.07, 6.45) is 0. The number of thioether (sulfide) groups is 1. The van der Waals surface area contributed by atoms with Crippen molar-refractivity contribution >= 4 is 45.6 Å². The zero-order valence-corrected chi connectivity index (χ0v) is 19.4. The van der Waals surface area contributed by atoms with Gasteiger partial charge in [0.1, 0.15) is 17.7 Å². The first-order chi connectivity index (χ1) is 16.0. The van der Waals surface area contributed by atoms with E-state index in [0.717, 1.165) is 16.9 Å². The van der Waals surface area contributed by atoms with Crippen LogP contribution in [-0.4, -0.2) is 26.4 Å². The summed E-state index contributed by atoms with van der Waals surface area (Å²) in [6, 6.07) is 17.7. The van der Waals surface area contributed by atoms with Gasteiger partial charge in [-0.2, -0.15) is 5.26 Å². The predicted molar refractivity (Wildman–Crippen MR) is 129 cm³/mol. The molecular weight excluding hydrogens is 459 g/mol. The highest BCUT2D eigenvalue weighted by Gasteiger charge is 2.21. The smallest absolute Gasteiger partial charge is 0.235 e. The molecule has 166 valence electrons. The molecule has 2 aromatic heterocycles. The van der Waals surface area contributed by atoms with E-state index in [1.54, 1.807) is 12.1 Å². The van der Waals surface area contributed by atoms with Gasteiger partial charge >= 0.3 is 0 Å². The van der Waals surface area contributed by atoms with E-state index >= 15 is 0 Å². The molecule has 2 N–H and O–H groups in total. The number of halogens is 1. The van der Waals surface area contributed by atoms with Crippen molar-refractivity contribution in [3.05, 3.63) is 77.2 Å². The number of amides is 1. The van der Waals surface area contributed by atoms with Gasteiger partial charge in [0, 0.05) is 17.1 Å². The summed E-state index contributed by atoms with van der Waals surface area (Å²) in [4.78, 5) is 12.7. The van der Waals surface area contributed by atoms with Gasteiger partial charge in [-0.15, -0.1) is 10.2 Å². The van der Waals surface area contributed by atoms with Crippen LogP contribution in [0.1, 0.15) is 16.8 Å². The number of hydrogen-bond donors (Lipinski definition) is 2. The topological polar surface area (TPSA) is 95.6 Å². The van der Waals surface area contributed by atoms with E-state index in [1.807, 2.05) is 48.7 Å². The molecule has 1 amide bonds. The molecule has 0 atom stereocenters. The number of nitrogens with zero attached hydrogens (tertiary/aromatic N) is 4. The molecule has 0 unspecified atom stereocenters. The Morgan fingerprint density at radius 1 is 1.15 bits per heavy atom. The maximum atomic E-state index is 13.0. The van der Waals surface area contributed by atoms with Gasteiger partial charge in [-0.05, 0) is 55.8 Å². The summed E-state index contributed by atoms with van der Waals surface area (Å²) in [5.41, 5.74) is 3.71. The lowest BCUT2D eigenvalue weighted by Crippen LogP contribution is -2.17. The number of benzene rings is 2. The van der Waals surface area contributed by atoms with Crippen molar-refractivity contribution in [1.82, 2.24) is 14.8 Å². The van der Waals surface area contributed by atoms with Gasteiger partial charge in [0.2, 0.25) is 11.0 Å². The molecule has 0 saturated carbocycles. The molecule has 0 spiro atoms. The van der Waals surface area contributed by atoms with Crippen molar-refractivity contribution in [3.63, 3.8) is 0 Å². The molecule has 0 aliphatic heterocycles. The van der Waals surface area contributed by atoms with Gasteiger partial charge in [0.25, 0.3) is 0 Å². The van der Waals surface area contributed by atoms with Crippen LogP contribution in [0.15, 0.2) is 58.9 Å². The Morgan fingerprint density at radius 2 is 1.88 bits per heavy atom. The Morgan fingerprint density at radius 3 is 2.58 bits per heavy atom. The molecule has 0 saturated heterocycles. The number of aromatic nitrogens is 3. The van der Waals surface area contributed by atoms with Crippen LogP contribution in [0.5, 0.6) is 0 Å². The fourth-order valence-corrected chi connectivity index (χ4v) is 4.80. The van der Waals surface area contributed by atoms with Gasteiger partial charge < -0.3 is 10.6 Å². The predicted octanol–water partition coefficient (Wildman–Crippen LogP) is 5.43. The second-order valence-corrected chi connectivity index (χ2v) is 9.26. The first-order valence-corrected chi connectivity index (χ1v) is 11.7. The molecule has 7 nitrogen and oxygen atoms in total. The molecule has 2 heterocycles. The van der Waals surface area contributed by atoms with Crippen LogP contribution in [0, 0.1) is 31.0 Å². The lowest BCUT2D eigenvalue weighted by molar-refractivity contribution is -0.113. The van der Waals surface area contributed by atoms with E-state index in [1.165, 1.54) is 35.2 Å². The maximum absolute atomic E-state index is 13.0. The van der Waals surface area contributed by atoms with Gasteiger partial charge in [-0.3, -0.25) is 9.36 Å². The second-order valence-electron chi connectivity index (χ2n) is 7.06. The van der Waals surface area contributed by atoms with Gasteiger partial charge in [-0.1, -0.05) is 41.3 Å². The first-order valence-electron chi connectivity index (χ1n) is 9.92. The van der Waals surface area contributed by atoms with Gasteiger partial charge in [-0.25, -0.2) is 4.39 Å². The lowest BCUT2D eigenvalue weighted by atomic mass is 10.2. The number of carbonyl (C=O) groups is 1. The lowest BCUT2D eigenvalue weighted by Gasteiger charge is -2.13. The number of rotatable bonds is 7. The number of anilines is 3. The Balaban J connectivity index is 1.45. The highest BCUT2D eigenvalue weighted by molar-refractivity contribution is 8.01. The van der Waals surface area contributed by atoms with E-state index in [4.69, 9.17) is 0 Å². The van der Waals surface area contributed by atoms with Crippen LogP contribution in [-0.2, 0) is 4.79 Å². The summed E-state index contributed by atoms with van der Waals surface area (Å²) in [5, 5.41) is 24.3.